The number of allylic oxidation sites excluding steroid dienone is 2. The van der Waals surface area contributed by atoms with Crippen molar-refractivity contribution in [2.45, 2.75) is 63.8 Å². The second-order valence-corrected chi connectivity index (χ2v) is 9.22. The maximum absolute atomic E-state index is 13.1. The van der Waals surface area contributed by atoms with Crippen LogP contribution >= 0.6 is 0 Å². The van der Waals surface area contributed by atoms with Crippen LogP contribution in [0, 0.1) is 11.8 Å². The molecule has 1 aromatic rings. The molecule has 186 valence electrons. The van der Waals surface area contributed by atoms with E-state index in [1.54, 1.807) is 4.90 Å². The lowest BCUT2D eigenvalue weighted by Gasteiger charge is -2.38. The maximum Gasteiger partial charge on any atom is 0.421 e. The second kappa shape index (κ2) is 10.3. The number of alkyl halides is 3. The van der Waals surface area contributed by atoms with Gasteiger partial charge in [-0.1, -0.05) is 30.4 Å². The van der Waals surface area contributed by atoms with Gasteiger partial charge in [0.2, 0.25) is 0 Å². The van der Waals surface area contributed by atoms with Crippen LogP contribution in [0.1, 0.15) is 61.9 Å². The molecule has 1 aromatic carbocycles. The van der Waals surface area contributed by atoms with Crippen LogP contribution in [0.3, 0.4) is 0 Å². The zero-order chi connectivity index (χ0) is 25.1. The third-order valence-corrected chi connectivity index (χ3v) is 7.19. The summed E-state index contributed by atoms with van der Waals surface area (Å²) in [4.78, 5) is 26.6. The highest BCUT2D eigenvalue weighted by atomic mass is 19.4. The number of benzene rings is 1. The fraction of sp³-hybridized carbons (Fsp3) is 0.538. The molecule has 3 rings (SSSR count). The number of amides is 1. The molecule has 0 bridgehead atoms. The molecule has 1 saturated carbocycles. The number of carbonyl (C=O) groups excluding carboxylic acids is 2. The van der Waals surface area contributed by atoms with Crippen LogP contribution in [0.15, 0.2) is 48.1 Å². The lowest BCUT2D eigenvalue weighted by Crippen LogP contribution is -2.43. The van der Waals surface area contributed by atoms with E-state index in [9.17, 15) is 27.9 Å². The first-order valence-electron chi connectivity index (χ1n) is 11.7. The largest absolute Gasteiger partial charge is 0.465 e. The van der Waals surface area contributed by atoms with E-state index < -0.39 is 11.8 Å². The lowest BCUT2D eigenvalue weighted by atomic mass is 9.75. The fourth-order valence-corrected chi connectivity index (χ4v) is 4.93. The van der Waals surface area contributed by atoms with Crippen LogP contribution in [-0.2, 0) is 15.1 Å². The Morgan fingerprint density at radius 1 is 1.12 bits per heavy atom. The van der Waals surface area contributed by atoms with E-state index in [-0.39, 0.29) is 23.5 Å². The number of halogens is 3. The molecule has 1 amide bonds. The highest BCUT2D eigenvalue weighted by Crippen LogP contribution is 2.39. The molecule has 2 atom stereocenters. The number of ether oxygens (including phenoxy) is 1. The standard InChI is InChI=1S/C26H32F3NO4/c1-4-30(23(31)19-9-13-21(14-10-19)25(2,33)26(27,28)29)22-15-11-18(12-16-22)17-5-7-20(8-6-17)24(32)34-3/h5,7-10,13-14,17-18,22,33H,4,6,11-12,15-16H2,1-3H3/t17?,18-,22-,25-/m0/s1. The van der Waals surface area contributed by atoms with Gasteiger partial charge in [-0.2, -0.15) is 13.2 Å². The number of rotatable bonds is 6. The molecule has 0 saturated heterocycles. The Morgan fingerprint density at radius 3 is 2.21 bits per heavy atom. The van der Waals surface area contributed by atoms with E-state index in [1.807, 2.05) is 19.1 Å². The lowest BCUT2D eigenvalue weighted by molar-refractivity contribution is -0.258. The van der Waals surface area contributed by atoms with E-state index in [4.69, 9.17) is 4.74 Å². The Kier molecular flexibility index (Phi) is 7.91. The highest BCUT2D eigenvalue weighted by Gasteiger charge is 2.51. The average molecular weight is 480 g/mol. The van der Waals surface area contributed by atoms with Crippen molar-refractivity contribution in [1.29, 1.82) is 0 Å². The molecule has 34 heavy (non-hydrogen) atoms. The van der Waals surface area contributed by atoms with E-state index in [2.05, 4.69) is 6.08 Å². The Balaban J connectivity index is 1.60. The van der Waals surface area contributed by atoms with E-state index in [0.29, 0.717) is 36.4 Å². The van der Waals surface area contributed by atoms with Crippen molar-refractivity contribution in [2.75, 3.05) is 13.7 Å². The fourth-order valence-electron chi connectivity index (χ4n) is 4.93. The third-order valence-electron chi connectivity index (χ3n) is 7.19. The number of hydrogen-bond acceptors (Lipinski definition) is 4. The van der Waals surface area contributed by atoms with Gasteiger partial charge >= 0.3 is 12.1 Å². The smallest absolute Gasteiger partial charge is 0.421 e. The molecule has 0 aromatic heterocycles. The van der Waals surface area contributed by atoms with Crippen molar-refractivity contribution in [3.63, 3.8) is 0 Å². The van der Waals surface area contributed by atoms with Gasteiger partial charge < -0.3 is 14.7 Å². The van der Waals surface area contributed by atoms with Crippen molar-refractivity contribution < 1.29 is 32.6 Å². The minimum atomic E-state index is -4.81. The SMILES string of the molecule is CCN(C(=O)c1ccc([C@](C)(O)C(F)(F)F)cc1)[C@H]1CC[C@H](C2C=CC(C(=O)OC)=CC2)CC1. The van der Waals surface area contributed by atoms with Gasteiger partial charge in [0.15, 0.2) is 5.60 Å². The molecule has 2 aliphatic carbocycles. The van der Waals surface area contributed by atoms with Crippen molar-refractivity contribution >= 4 is 11.9 Å². The third kappa shape index (κ3) is 5.37. The van der Waals surface area contributed by atoms with E-state index in [0.717, 1.165) is 44.2 Å². The normalized spacial score (nSPS) is 24.7. The van der Waals surface area contributed by atoms with Crippen molar-refractivity contribution in [2.24, 2.45) is 11.8 Å². The summed E-state index contributed by atoms with van der Waals surface area (Å²) in [5.41, 5.74) is -2.39. The molecule has 1 N–H and O–H groups in total. The monoisotopic (exact) mass is 479 g/mol. The van der Waals surface area contributed by atoms with Gasteiger partial charge in [-0.3, -0.25) is 4.79 Å². The predicted octanol–water partition coefficient (Wildman–Crippen LogP) is 5.15. The Bertz CT molecular complexity index is 942. The summed E-state index contributed by atoms with van der Waals surface area (Å²) in [6.07, 6.45) is 5.43. The number of aliphatic hydroxyl groups is 1. The first-order valence-corrected chi connectivity index (χ1v) is 11.7. The molecule has 0 spiro atoms. The van der Waals surface area contributed by atoms with Crippen LogP contribution < -0.4 is 0 Å². The number of nitrogens with zero attached hydrogens (tertiary/aromatic N) is 1. The Labute approximate surface area is 198 Å². The summed E-state index contributed by atoms with van der Waals surface area (Å²) in [5.74, 6) is 0.285. The predicted molar refractivity (Wildman–Crippen MR) is 122 cm³/mol. The Hall–Kier alpha value is -2.61. The van der Waals surface area contributed by atoms with Gasteiger partial charge in [0, 0.05) is 18.2 Å². The second-order valence-electron chi connectivity index (χ2n) is 9.22. The minimum absolute atomic E-state index is 0.0699. The van der Waals surface area contributed by atoms with E-state index >= 15 is 0 Å². The first-order chi connectivity index (χ1) is 16.0. The van der Waals surface area contributed by atoms with Gasteiger partial charge in [0.1, 0.15) is 0 Å². The molecule has 0 radical (unpaired) electrons. The molecule has 1 unspecified atom stereocenters. The summed E-state index contributed by atoms with van der Waals surface area (Å²) in [7, 11) is 1.37. The number of hydrogen-bond donors (Lipinski definition) is 1. The molecule has 1 fully saturated rings. The molecule has 0 heterocycles. The quantitative estimate of drug-likeness (QED) is 0.573. The molecular formula is C26H32F3NO4. The topological polar surface area (TPSA) is 66.8 Å². The van der Waals surface area contributed by atoms with Gasteiger partial charge in [0.25, 0.3) is 5.91 Å². The number of methoxy groups -OCH3 is 1. The van der Waals surface area contributed by atoms with Gasteiger partial charge in [-0.25, -0.2) is 4.79 Å². The van der Waals surface area contributed by atoms with Crippen molar-refractivity contribution in [3.05, 3.63) is 59.2 Å². The van der Waals surface area contributed by atoms with Crippen LogP contribution in [0.2, 0.25) is 0 Å². The maximum atomic E-state index is 13.1. The number of esters is 1. The highest BCUT2D eigenvalue weighted by molar-refractivity contribution is 5.94. The Morgan fingerprint density at radius 2 is 1.74 bits per heavy atom. The average Bonchev–Trinajstić information content (AvgIpc) is 2.84. The summed E-state index contributed by atoms with van der Waals surface area (Å²) >= 11 is 0. The van der Waals surface area contributed by atoms with Crippen molar-refractivity contribution in [3.8, 4) is 0 Å². The first kappa shape index (κ1) is 26.0. The summed E-state index contributed by atoms with van der Waals surface area (Å²) in [6.45, 7) is 3.11. The van der Waals surface area contributed by atoms with Crippen molar-refractivity contribution in [1.82, 2.24) is 4.90 Å². The van der Waals surface area contributed by atoms with Crippen LogP contribution in [0.25, 0.3) is 0 Å². The van der Waals surface area contributed by atoms with Crippen LogP contribution in [-0.4, -0.2) is 47.8 Å². The molecule has 5 nitrogen and oxygen atoms in total. The van der Waals surface area contributed by atoms with Gasteiger partial charge in [0.05, 0.1) is 12.7 Å². The minimum Gasteiger partial charge on any atom is -0.465 e. The zero-order valence-corrected chi connectivity index (χ0v) is 19.8. The summed E-state index contributed by atoms with van der Waals surface area (Å²) in [5, 5.41) is 9.85. The van der Waals surface area contributed by atoms with Crippen LogP contribution in [0.5, 0.6) is 0 Å². The van der Waals surface area contributed by atoms with Gasteiger partial charge in [-0.15, -0.1) is 0 Å². The van der Waals surface area contributed by atoms with E-state index in [1.165, 1.54) is 19.2 Å². The van der Waals surface area contributed by atoms with Crippen LogP contribution in [0.4, 0.5) is 13.2 Å². The molecular weight excluding hydrogens is 447 g/mol. The molecule has 8 heteroatoms. The zero-order valence-electron chi connectivity index (χ0n) is 19.8. The van der Waals surface area contributed by atoms with Gasteiger partial charge in [-0.05, 0) is 75.5 Å². The number of carbonyl (C=O) groups is 2. The molecule has 2 aliphatic rings. The molecule has 0 aliphatic heterocycles. The summed E-state index contributed by atoms with van der Waals surface area (Å²) < 4.78 is 44.0. The summed E-state index contributed by atoms with van der Waals surface area (Å²) in [6, 6.07) is 5.10.